The van der Waals surface area contributed by atoms with Crippen molar-refractivity contribution < 1.29 is 9.59 Å². The minimum absolute atomic E-state index is 0.0254. The highest BCUT2D eigenvalue weighted by Gasteiger charge is 2.42. The van der Waals surface area contributed by atoms with Crippen LogP contribution in [0.5, 0.6) is 0 Å². The Bertz CT molecular complexity index is 553. The second-order valence-corrected chi connectivity index (χ2v) is 5.96. The summed E-state index contributed by atoms with van der Waals surface area (Å²) in [6.07, 6.45) is 1.68. The number of hydrogen-bond acceptors (Lipinski definition) is 3. The van der Waals surface area contributed by atoms with Crippen molar-refractivity contribution in [3.63, 3.8) is 0 Å². The predicted molar refractivity (Wildman–Crippen MR) is 76.9 cm³/mol. The first-order valence-corrected chi connectivity index (χ1v) is 7.22. The molecular weight excluding hydrogens is 252 g/mol. The molecule has 20 heavy (non-hydrogen) atoms. The Morgan fingerprint density at radius 1 is 1.10 bits per heavy atom. The van der Waals surface area contributed by atoms with E-state index in [2.05, 4.69) is 12.2 Å². The number of nitrogens with one attached hydrogen (secondary N) is 1. The fraction of sp³-hybridized carbons (Fsp3) is 0.500. The number of fused-ring (bicyclic) bond motifs is 1. The first-order chi connectivity index (χ1) is 9.50. The molecule has 1 saturated heterocycles. The average Bonchev–Trinajstić information content (AvgIpc) is 2.67. The second-order valence-electron chi connectivity index (χ2n) is 5.96. The minimum atomic E-state index is -0.106. The number of piperidine rings is 1. The van der Waals surface area contributed by atoms with Crippen molar-refractivity contribution in [3.05, 3.63) is 34.4 Å². The van der Waals surface area contributed by atoms with Crippen molar-refractivity contribution in [1.82, 2.24) is 10.2 Å². The number of amides is 2. The number of carbonyl (C=O) groups excluding carboxylic acids is 2. The molecule has 2 aliphatic heterocycles. The Morgan fingerprint density at radius 3 is 2.15 bits per heavy atom. The number of imide groups is 1. The van der Waals surface area contributed by atoms with E-state index in [1.165, 1.54) is 4.90 Å². The van der Waals surface area contributed by atoms with Crippen LogP contribution in [0.15, 0.2) is 12.1 Å². The van der Waals surface area contributed by atoms with Crippen LogP contribution in [0.4, 0.5) is 0 Å². The van der Waals surface area contributed by atoms with Crippen LogP contribution in [0.2, 0.25) is 0 Å². The summed E-state index contributed by atoms with van der Waals surface area (Å²) >= 11 is 0. The van der Waals surface area contributed by atoms with Gasteiger partial charge in [-0.25, -0.2) is 0 Å². The highest BCUT2D eigenvalue weighted by molar-refractivity contribution is 6.22. The van der Waals surface area contributed by atoms with E-state index >= 15 is 0 Å². The molecule has 0 aliphatic carbocycles. The van der Waals surface area contributed by atoms with Crippen LogP contribution in [0.3, 0.4) is 0 Å². The van der Waals surface area contributed by atoms with Crippen LogP contribution in [-0.2, 0) is 0 Å². The molecule has 1 N–H and O–H groups in total. The van der Waals surface area contributed by atoms with Gasteiger partial charge < -0.3 is 5.32 Å². The van der Waals surface area contributed by atoms with Gasteiger partial charge in [0.05, 0.1) is 11.1 Å². The Hall–Kier alpha value is -1.68. The van der Waals surface area contributed by atoms with Crippen LogP contribution in [-0.4, -0.2) is 35.3 Å². The van der Waals surface area contributed by atoms with Crippen LogP contribution < -0.4 is 5.32 Å². The van der Waals surface area contributed by atoms with Crippen LogP contribution in [0.25, 0.3) is 0 Å². The normalized spacial score (nSPS) is 26.1. The first-order valence-electron chi connectivity index (χ1n) is 7.22. The zero-order valence-corrected chi connectivity index (χ0v) is 12.2. The predicted octanol–water partition coefficient (Wildman–Crippen LogP) is 2.04. The second kappa shape index (κ2) is 4.70. The topological polar surface area (TPSA) is 49.4 Å². The van der Waals surface area contributed by atoms with Crippen LogP contribution in [0, 0.1) is 13.8 Å². The fourth-order valence-corrected chi connectivity index (χ4v) is 3.37. The van der Waals surface area contributed by atoms with E-state index in [1.54, 1.807) is 0 Å². The van der Waals surface area contributed by atoms with Gasteiger partial charge in [0.1, 0.15) is 0 Å². The van der Waals surface area contributed by atoms with E-state index in [0.29, 0.717) is 17.2 Å². The lowest BCUT2D eigenvalue weighted by Crippen LogP contribution is -2.49. The lowest BCUT2D eigenvalue weighted by atomic mass is 9.99. The summed E-state index contributed by atoms with van der Waals surface area (Å²) in [5.74, 6) is -0.212. The maximum atomic E-state index is 12.7. The van der Waals surface area contributed by atoms with Crippen LogP contribution >= 0.6 is 0 Å². The monoisotopic (exact) mass is 272 g/mol. The third-order valence-corrected chi connectivity index (χ3v) is 4.45. The number of aryl methyl sites for hydroxylation is 2. The van der Waals surface area contributed by atoms with Crippen molar-refractivity contribution >= 4 is 11.8 Å². The summed E-state index contributed by atoms with van der Waals surface area (Å²) in [6.45, 7) is 6.76. The highest BCUT2D eigenvalue weighted by atomic mass is 16.2. The molecule has 2 unspecified atom stereocenters. The molecule has 4 heteroatoms. The summed E-state index contributed by atoms with van der Waals surface area (Å²) in [7, 11) is 0. The maximum absolute atomic E-state index is 12.7. The van der Waals surface area contributed by atoms with Gasteiger partial charge in [0.25, 0.3) is 11.8 Å². The minimum Gasteiger partial charge on any atom is -0.314 e. The summed E-state index contributed by atoms with van der Waals surface area (Å²) in [5, 5.41) is 3.36. The van der Waals surface area contributed by atoms with Crippen LogP contribution in [0.1, 0.15) is 51.6 Å². The Morgan fingerprint density at radius 2 is 1.65 bits per heavy atom. The largest absolute Gasteiger partial charge is 0.314 e. The summed E-state index contributed by atoms with van der Waals surface area (Å²) in [6, 6.07) is 4.22. The Kier molecular flexibility index (Phi) is 3.13. The smallest absolute Gasteiger partial charge is 0.262 e. The lowest BCUT2D eigenvalue weighted by Gasteiger charge is -2.33. The molecule has 2 amide bonds. The molecule has 2 aliphatic rings. The first kappa shape index (κ1) is 13.3. The fourth-order valence-electron chi connectivity index (χ4n) is 3.37. The molecule has 0 aromatic heterocycles. The molecular formula is C16H20N2O2. The van der Waals surface area contributed by atoms with Gasteiger partial charge in [-0.2, -0.15) is 0 Å². The third kappa shape index (κ3) is 1.86. The van der Waals surface area contributed by atoms with Crippen molar-refractivity contribution in [3.8, 4) is 0 Å². The van der Waals surface area contributed by atoms with Gasteiger partial charge in [-0.1, -0.05) is 12.1 Å². The van der Waals surface area contributed by atoms with Crippen molar-refractivity contribution in [1.29, 1.82) is 0 Å². The van der Waals surface area contributed by atoms with Crippen molar-refractivity contribution in [2.24, 2.45) is 0 Å². The number of rotatable bonds is 1. The van der Waals surface area contributed by atoms with E-state index in [-0.39, 0.29) is 17.9 Å². The summed E-state index contributed by atoms with van der Waals surface area (Å²) < 4.78 is 0. The molecule has 3 rings (SSSR count). The zero-order valence-electron chi connectivity index (χ0n) is 12.2. The SMILES string of the molecule is Cc1ccc(C)c2c1C(=O)N(C1CCNC(C)C1)C2=O. The van der Waals surface area contributed by atoms with Gasteiger partial charge in [0.2, 0.25) is 0 Å². The third-order valence-electron chi connectivity index (χ3n) is 4.45. The summed E-state index contributed by atoms with van der Waals surface area (Å²) in [4.78, 5) is 26.8. The molecule has 4 nitrogen and oxygen atoms in total. The molecule has 0 saturated carbocycles. The highest BCUT2D eigenvalue weighted by Crippen LogP contribution is 2.32. The molecule has 2 heterocycles. The molecule has 0 radical (unpaired) electrons. The lowest BCUT2D eigenvalue weighted by molar-refractivity contribution is 0.0541. The van der Waals surface area contributed by atoms with E-state index < -0.39 is 0 Å². The molecule has 1 aromatic rings. The van der Waals surface area contributed by atoms with Gasteiger partial charge in [0.15, 0.2) is 0 Å². The van der Waals surface area contributed by atoms with Gasteiger partial charge in [0, 0.05) is 12.1 Å². The molecule has 1 aromatic carbocycles. The van der Waals surface area contributed by atoms with E-state index in [1.807, 2.05) is 26.0 Å². The number of carbonyl (C=O) groups is 2. The number of hydrogen-bond donors (Lipinski definition) is 1. The van der Waals surface area contributed by atoms with Gasteiger partial charge >= 0.3 is 0 Å². The molecule has 2 atom stereocenters. The molecule has 106 valence electrons. The standard InChI is InChI=1S/C16H20N2O2/c1-9-4-5-10(2)14-13(9)15(19)18(16(14)20)12-6-7-17-11(3)8-12/h4-5,11-12,17H,6-8H2,1-3H3. The van der Waals surface area contributed by atoms with Crippen molar-refractivity contribution in [2.45, 2.75) is 45.7 Å². The average molecular weight is 272 g/mol. The van der Waals surface area contributed by atoms with Crippen molar-refractivity contribution in [2.75, 3.05) is 6.54 Å². The van der Waals surface area contributed by atoms with E-state index in [0.717, 1.165) is 30.5 Å². The quantitative estimate of drug-likeness (QED) is 0.796. The Balaban J connectivity index is 2.01. The number of benzene rings is 1. The molecule has 1 fully saturated rings. The number of nitrogens with zero attached hydrogens (tertiary/aromatic N) is 1. The van der Waals surface area contributed by atoms with Gasteiger partial charge in [-0.15, -0.1) is 0 Å². The van der Waals surface area contributed by atoms with E-state index in [4.69, 9.17) is 0 Å². The van der Waals surface area contributed by atoms with Gasteiger partial charge in [-0.3, -0.25) is 14.5 Å². The van der Waals surface area contributed by atoms with E-state index in [9.17, 15) is 9.59 Å². The molecule has 0 spiro atoms. The Labute approximate surface area is 119 Å². The van der Waals surface area contributed by atoms with Gasteiger partial charge in [-0.05, 0) is 51.3 Å². The zero-order chi connectivity index (χ0) is 14.4. The molecule has 0 bridgehead atoms. The summed E-state index contributed by atoms with van der Waals surface area (Å²) in [5.41, 5.74) is 3.02. The maximum Gasteiger partial charge on any atom is 0.262 e.